The zero-order valence-electron chi connectivity index (χ0n) is 9.30. The van der Waals surface area contributed by atoms with E-state index in [0.29, 0.717) is 13.1 Å². The predicted octanol–water partition coefficient (Wildman–Crippen LogP) is 1.07. The van der Waals surface area contributed by atoms with Gasteiger partial charge in [0.1, 0.15) is 0 Å². The molecule has 4 N–H and O–H groups in total. The lowest BCUT2D eigenvalue weighted by Gasteiger charge is -2.06. The number of amidine groups is 1. The first-order valence-corrected chi connectivity index (χ1v) is 5.31. The number of para-hydroxylation sites is 1. The standard InChI is InChI=1S/C12H14N4O/c13-11(16-17)8-14-7-10-4-1-3-9-5-2-6-15-12(9)10/h1-6,14,17H,7-8H2,(H2,13,16). The summed E-state index contributed by atoms with van der Waals surface area (Å²) in [7, 11) is 0. The summed E-state index contributed by atoms with van der Waals surface area (Å²) in [6.07, 6.45) is 1.77. The number of hydrogen-bond donors (Lipinski definition) is 3. The minimum Gasteiger partial charge on any atom is -0.409 e. The molecule has 88 valence electrons. The van der Waals surface area contributed by atoms with E-state index >= 15 is 0 Å². The lowest BCUT2D eigenvalue weighted by atomic mass is 10.1. The molecule has 0 aliphatic rings. The van der Waals surface area contributed by atoms with Crippen LogP contribution in [0.4, 0.5) is 0 Å². The van der Waals surface area contributed by atoms with Crippen LogP contribution in [0.5, 0.6) is 0 Å². The fraction of sp³-hybridized carbons (Fsp3) is 0.167. The zero-order chi connectivity index (χ0) is 12.1. The van der Waals surface area contributed by atoms with Crippen LogP contribution in [-0.2, 0) is 6.54 Å². The maximum atomic E-state index is 8.41. The largest absolute Gasteiger partial charge is 0.409 e. The molecule has 1 aromatic carbocycles. The van der Waals surface area contributed by atoms with Crippen molar-refractivity contribution in [2.45, 2.75) is 6.54 Å². The van der Waals surface area contributed by atoms with Gasteiger partial charge < -0.3 is 16.3 Å². The third kappa shape index (κ3) is 2.70. The number of benzene rings is 1. The Morgan fingerprint density at radius 2 is 2.18 bits per heavy atom. The number of pyridine rings is 1. The molecule has 0 spiro atoms. The molecule has 0 aliphatic carbocycles. The molecule has 0 aliphatic heterocycles. The van der Waals surface area contributed by atoms with Gasteiger partial charge >= 0.3 is 0 Å². The molecule has 1 heterocycles. The van der Waals surface area contributed by atoms with Gasteiger partial charge in [0, 0.05) is 18.1 Å². The van der Waals surface area contributed by atoms with Gasteiger partial charge in [-0.2, -0.15) is 0 Å². The molecule has 1 aromatic heterocycles. The van der Waals surface area contributed by atoms with E-state index in [4.69, 9.17) is 10.9 Å². The van der Waals surface area contributed by atoms with E-state index in [2.05, 4.69) is 15.5 Å². The van der Waals surface area contributed by atoms with Gasteiger partial charge in [0.05, 0.1) is 12.1 Å². The zero-order valence-corrected chi connectivity index (χ0v) is 9.30. The summed E-state index contributed by atoms with van der Waals surface area (Å²) in [4.78, 5) is 4.35. The summed E-state index contributed by atoms with van der Waals surface area (Å²) < 4.78 is 0. The van der Waals surface area contributed by atoms with E-state index in [1.807, 2.05) is 30.3 Å². The van der Waals surface area contributed by atoms with Crippen molar-refractivity contribution in [2.75, 3.05) is 6.54 Å². The van der Waals surface area contributed by atoms with Gasteiger partial charge in [-0.15, -0.1) is 0 Å². The normalized spacial score (nSPS) is 11.9. The fourth-order valence-electron chi connectivity index (χ4n) is 1.67. The average molecular weight is 230 g/mol. The second-order valence-electron chi connectivity index (χ2n) is 3.69. The Morgan fingerprint density at radius 1 is 1.35 bits per heavy atom. The number of nitrogens with one attached hydrogen (secondary N) is 1. The Labute approximate surface area is 99.0 Å². The van der Waals surface area contributed by atoms with E-state index in [9.17, 15) is 0 Å². The van der Waals surface area contributed by atoms with Crippen LogP contribution in [0.3, 0.4) is 0 Å². The number of hydrogen-bond acceptors (Lipinski definition) is 4. The number of rotatable bonds is 4. The monoisotopic (exact) mass is 230 g/mol. The number of oxime groups is 1. The van der Waals surface area contributed by atoms with Gasteiger partial charge in [-0.05, 0) is 11.6 Å². The van der Waals surface area contributed by atoms with Gasteiger partial charge in [-0.3, -0.25) is 4.98 Å². The summed E-state index contributed by atoms with van der Waals surface area (Å²) in [6.45, 7) is 0.976. The molecule has 0 bridgehead atoms. The summed E-state index contributed by atoms with van der Waals surface area (Å²) in [5.41, 5.74) is 7.44. The molecular formula is C12H14N4O. The van der Waals surface area contributed by atoms with E-state index in [1.165, 1.54) is 0 Å². The third-order valence-corrected chi connectivity index (χ3v) is 2.47. The fourth-order valence-corrected chi connectivity index (χ4v) is 1.67. The first kappa shape index (κ1) is 11.3. The highest BCUT2D eigenvalue weighted by atomic mass is 16.4. The molecule has 2 aromatic rings. The minimum atomic E-state index is 0.165. The minimum absolute atomic E-state index is 0.165. The maximum absolute atomic E-state index is 8.41. The smallest absolute Gasteiger partial charge is 0.153 e. The molecule has 17 heavy (non-hydrogen) atoms. The summed E-state index contributed by atoms with van der Waals surface area (Å²) >= 11 is 0. The van der Waals surface area contributed by atoms with Crippen LogP contribution >= 0.6 is 0 Å². The number of aromatic nitrogens is 1. The Kier molecular flexibility index (Phi) is 3.52. The number of fused-ring (bicyclic) bond motifs is 1. The van der Waals surface area contributed by atoms with Gasteiger partial charge in [-0.1, -0.05) is 29.4 Å². The van der Waals surface area contributed by atoms with E-state index < -0.39 is 0 Å². The van der Waals surface area contributed by atoms with Crippen molar-refractivity contribution in [1.29, 1.82) is 0 Å². The Bertz CT molecular complexity index is 534. The first-order valence-electron chi connectivity index (χ1n) is 5.31. The molecule has 5 heteroatoms. The Morgan fingerprint density at radius 3 is 3.00 bits per heavy atom. The molecular weight excluding hydrogens is 216 g/mol. The van der Waals surface area contributed by atoms with E-state index in [0.717, 1.165) is 16.5 Å². The second kappa shape index (κ2) is 5.27. The van der Waals surface area contributed by atoms with Gasteiger partial charge in [0.25, 0.3) is 0 Å². The summed E-state index contributed by atoms with van der Waals surface area (Å²) in [5.74, 6) is 0.165. The number of nitrogens with two attached hydrogens (primary N) is 1. The third-order valence-electron chi connectivity index (χ3n) is 2.47. The predicted molar refractivity (Wildman–Crippen MR) is 66.9 cm³/mol. The lowest BCUT2D eigenvalue weighted by molar-refractivity contribution is 0.317. The molecule has 0 amide bonds. The Balaban J connectivity index is 2.13. The first-order chi connectivity index (χ1) is 8.31. The van der Waals surface area contributed by atoms with Gasteiger partial charge in [-0.25, -0.2) is 0 Å². The Hall–Kier alpha value is -2.14. The van der Waals surface area contributed by atoms with Gasteiger partial charge in [0.15, 0.2) is 5.84 Å². The average Bonchev–Trinajstić information content (AvgIpc) is 2.39. The SMILES string of the molecule is N/C(CNCc1cccc2cccnc12)=N/O. The van der Waals surface area contributed by atoms with Crippen LogP contribution in [0.2, 0.25) is 0 Å². The van der Waals surface area contributed by atoms with Crippen LogP contribution in [-0.4, -0.2) is 22.6 Å². The second-order valence-corrected chi connectivity index (χ2v) is 3.69. The van der Waals surface area contributed by atoms with Crippen molar-refractivity contribution in [3.63, 3.8) is 0 Å². The van der Waals surface area contributed by atoms with Crippen molar-refractivity contribution < 1.29 is 5.21 Å². The number of nitrogens with zero attached hydrogens (tertiary/aromatic N) is 2. The summed E-state index contributed by atoms with van der Waals surface area (Å²) in [6, 6.07) is 9.96. The van der Waals surface area contributed by atoms with Crippen molar-refractivity contribution in [1.82, 2.24) is 10.3 Å². The van der Waals surface area contributed by atoms with Gasteiger partial charge in [0.2, 0.25) is 0 Å². The molecule has 2 rings (SSSR count). The molecule has 0 fully saturated rings. The maximum Gasteiger partial charge on any atom is 0.153 e. The quantitative estimate of drug-likeness (QED) is 0.317. The van der Waals surface area contributed by atoms with Crippen LogP contribution in [0.25, 0.3) is 10.9 Å². The molecule has 0 radical (unpaired) electrons. The topological polar surface area (TPSA) is 83.5 Å². The molecule has 0 saturated carbocycles. The molecule has 0 saturated heterocycles. The summed E-state index contributed by atoms with van der Waals surface area (Å²) in [5, 5.41) is 15.5. The highest BCUT2D eigenvalue weighted by Crippen LogP contribution is 2.15. The molecule has 0 unspecified atom stereocenters. The van der Waals surface area contributed by atoms with Crippen molar-refractivity contribution in [3.8, 4) is 0 Å². The van der Waals surface area contributed by atoms with Crippen LogP contribution in [0, 0.1) is 0 Å². The van der Waals surface area contributed by atoms with E-state index in [1.54, 1.807) is 6.20 Å². The lowest BCUT2D eigenvalue weighted by Crippen LogP contribution is -2.28. The van der Waals surface area contributed by atoms with Crippen LogP contribution < -0.4 is 11.1 Å². The van der Waals surface area contributed by atoms with Crippen molar-refractivity contribution >= 4 is 16.7 Å². The van der Waals surface area contributed by atoms with Crippen LogP contribution in [0.15, 0.2) is 41.7 Å². The van der Waals surface area contributed by atoms with Crippen molar-refractivity contribution in [3.05, 3.63) is 42.1 Å². The highest BCUT2D eigenvalue weighted by Gasteiger charge is 2.01. The highest BCUT2D eigenvalue weighted by molar-refractivity contribution is 5.82. The van der Waals surface area contributed by atoms with Crippen molar-refractivity contribution in [2.24, 2.45) is 10.9 Å². The van der Waals surface area contributed by atoms with Crippen LogP contribution in [0.1, 0.15) is 5.56 Å². The molecule has 0 atom stereocenters. The molecule has 5 nitrogen and oxygen atoms in total. The van der Waals surface area contributed by atoms with E-state index in [-0.39, 0.29) is 5.84 Å².